The van der Waals surface area contributed by atoms with E-state index < -0.39 is 0 Å². The van der Waals surface area contributed by atoms with Crippen molar-refractivity contribution >= 4 is 11.6 Å². The van der Waals surface area contributed by atoms with Gasteiger partial charge in [0.15, 0.2) is 0 Å². The van der Waals surface area contributed by atoms with Gasteiger partial charge in [-0.25, -0.2) is 4.98 Å². The van der Waals surface area contributed by atoms with E-state index >= 15 is 0 Å². The largest absolute Gasteiger partial charge is 0.367 e. The summed E-state index contributed by atoms with van der Waals surface area (Å²) in [6.45, 7) is 2.99. The molecule has 0 spiro atoms. The minimum atomic E-state index is 0.151. The number of hydrogen-bond donors (Lipinski definition) is 1. The number of fused-ring (bicyclic) bond motifs is 1. The Morgan fingerprint density at radius 1 is 1.12 bits per heavy atom. The fourth-order valence-electron chi connectivity index (χ4n) is 3.04. The van der Waals surface area contributed by atoms with E-state index in [1.54, 1.807) is 0 Å². The van der Waals surface area contributed by atoms with E-state index in [9.17, 15) is 0 Å². The highest BCUT2D eigenvalue weighted by Crippen LogP contribution is 2.22. The Bertz CT molecular complexity index is 830. The van der Waals surface area contributed by atoms with Gasteiger partial charge in [0.25, 0.3) is 0 Å². The SMILES string of the molecule is Clc1ccc(CNCC2Cn3cc(-c4ccccc4)nc3CO2)cc1. The van der Waals surface area contributed by atoms with Crippen molar-refractivity contribution in [2.75, 3.05) is 6.54 Å². The van der Waals surface area contributed by atoms with Crippen LogP contribution in [0.5, 0.6) is 0 Å². The summed E-state index contributed by atoms with van der Waals surface area (Å²) >= 11 is 5.91. The maximum Gasteiger partial charge on any atom is 0.135 e. The normalized spacial score (nSPS) is 16.6. The molecule has 1 atom stereocenters. The van der Waals surface area contributed by atoms with E-state index in [1.807, 2.05) is 42.5 Å². The Balaban J connectivity index is 1.35. The van der Waals surface area contributed by atoms with E-state index in [0.717, 1.165) is 41.7 Å². The molecule has 1 aromatic heterocycles. The molecule has 0 radical (unpaired) electrons. The highest BCUT2D eigenvalue weighted by molar-refractivity contribution is 6.30. The number of nitrogens with zero attached hydrogens (tertiary/aromatic N) is 2. The van der Waals surface area contributed by atoms with Crippen LogP contribution in [-0.2, 0) is 24.4 Å². The van der Waals surface area contributed by atoms with Gasteiger partial charge in [-0.2, -0.15) is 0 Å². The molecule has 2 heterocycles. The summed E-state index contributed by atoms with van der Waals surface area (Å²) in [7, 11) is 0. The van der Waals surface area contributed by atoms with Crippen molar-refractivity contribution < 1.29 is 4.74 Å². The summed E-state index contributed by atoms with van der Waals surface area (Å²) in [4.78, 5) is 4.70. The molecule has 1 unspecified atom stereocenters. The molecular formula is C20H20ClN3O. The molecule has 1 aliphatic rings. The highest BCUT2D eigenvalue weighted by Gasteiger charge is 2.20. The van der Waals surface area contributed by atoms with Gasteiger partial charge in [-0.3, -0.25) is 0 Å². The van der Waals surface area contributed by atoms with Crippen molar-refractivity contribution in [3.63, 3.8) is 0 Å². The number of nitrogens with one attached hydrogen (secondary N) is 1. The highest BCUT2D eigenvalue weighted by atomic mass is 35.5. The van der Waals surface area contributed by atoms with Crippen LogP contribution in [0.25, 0.3) is 11.3 Å². The van der Waals surface area contributed by atoms with E-state index in [1.165, 1.54) is 5.56 Å². The molecule has 0 bridgehead atoms. The maximum absolute atomic E-state index is 5.94. The Hall–Kier alpha value is -2.14. The zero-order valence-electron chi connectivity index (χ0n) is 13.9. The average Bonchev–Trinajstić information content (AvgIpc) is 3.07. The first-order valence-electron chi connectivity index (χ1n) is 8.46. The van der Waals surface area contributed by atoms with E-state index in [4.69, 9.17) is 21.3 Å². The summed E-state index contributed by atoms with van der Waals surface area (Å²) in [5, 5.41) is 4.22. The van der Waals surface area contributed by atoms with Gasteiger partial charge >= 0.3 is 0 Å². The minimum absolute atomic E-state index is 0.151. The maximum atomic E-state index is 5.94. The van der Waals surface area contributed by atoms with E-state index in [-0.39, 0.29) is 6.10 Å². The van der Waals surface area contributed by atoms with E-state index in [2.05, 4.69) is 28.2 Å². The second-order valence-corrected chi connectivity index (χ2v) is 6.69. The summed E-state index contributed by atoms with van der Waals surface area (Å²) < 4.78 is 8.15. The third-order valence-corrected chi connectivity index (χ3v) is 4.64. The van der Waals surface area contributed by atoms with Crippen molar-refractivity contribution in [1.82, 2.24) is 14.9 Å². The molecule has 0 aliphatic carbocycles. The lowest BCUT2D eigenvalue weighted by Crippen LogP contribution is -2.35. The van der Waals surface area contributed by atoms with Gasteiger partial charge in [0, 0.05) is 29.9 Å². The number of imidazole rings is 1. The minimum Gasteiger partial charge on any atom is -0.367 e. The van der Waals surface area contributed by atoms with Gasteiger partial charge in [0.2, 0.25) is 0 Å². The summed E-state index contributed by atoms with van der Waals surface area (Å²) in [6.07, 6.45) is 2.27. The smallest absolute Gasteiger partial charge is 0.135 e. The predicted molar refractivity (Wildman–Crippen MR) is 99.4 cm³/mol. The third-order valence-electron chi connectivity index (χ3n) is 4.39. The second-order valence-electron chi connectivity index (χ2n) is 6.25. The lowest BCUT2D eigenvalue weighted by molar-refractivity contribution is 0.00278. The number of rotatable bonds is 5. The molecule has 5 heteroatoms. The van der Waals surface area contributed by atoms with Gasteiger partial charge in [-0.05, 0) is 17.7 Å². The first kappa shape index (κ1) is 16.3. The molecule has 4 nitrogen and oxygen atoms in total. The monoisotopic (exact) mass is 353 g/mol. The molecule has 1 N–H and O–H groups in total. The van der Waals surface area contributed by atoms with Gasteiger partial charge < -0.3 is 14.6 Å². The summed E-state index contributed by atoms with van der Waals surface area (Å²) in [6, 6.07) is 18.2. The van der Waals surface area contributed by atoms with Crippen LogP contribution >= 0.6 is 11.6 Å². The summed E-state index contributed by atoms with van der Waals surface area (Å²) in [5.41, 5.74) is 3.37. The zero-order valence-corrected chi connectivity index (χ0v) is 14.6. The van der Waals surface area contributed by atoms with Crippen LogP contribution in [0, 0.1) is 0 Å². The molecule has 3 aromatic rings. The second kappa shape index (κ2) is 7.40. The van der Waals surface area contributed by atoms with Crippen LogP contribution in [0.15, 0.2) is 60.8 Å². The number of ether oxygens (including phenoxy) is 1. The standard InChI is InChI=1S/C20H20ClN3O/c21-17-8-6-15(7-9-17)10-22-11-18-12-24-13-19(23-20(24)14-25-18)16-4-2-1-3-5-16/h1-9,13,18,22H,10-12,14H2. The zero-order chi connectivity index (χ0) is 17.1. The number of benzene rings is 2. The van der Waals surface area contributed by atoms with Crippen LogP contribution in [0.4, 0.5) is 0 Å². The lowest BCUT2D eigenvalue weighted by Gasteiger charge is -2.24. The predicted octanol–water partition coefficient (Wildman–Crippen LogP) is 3.89. The van der Waals surface area contributed by atoms with Crippen molar-refractivity contribution in [3.8, 4) is 11.3 Å². The summed E-state index contributed by atoms with van der Waals surface area (Å²) in [5.74, 6) is 0.993. The van der Waals surface area contributed by atoms with Crippen LogP contribution in [0.1, 0.15) is 11.4 Å². The molecular weight excluding hydrogens is 334 g/mol. The van der Waals surface area contributed by atoms with Gasteiger partial charge in [-0.15, -0.1) is 0 Å². The van der Waals surface area contributed by atoms with Crippen LogP contribution in [0.3, 0.4) is 0 Å². The molecule has 1 aliphatic heterocycles. The molecule has 128 valence electrons. The Kier molecular flexibility index (Phi) is 4.83. The van der Waals surface area contributed by atoms with Crippen molar-refractivity contribution in [3.05, 3.63) is 77.2 Å². The number of halogens is 1. The molecule has 25 heavy (non-hydrogen) atoms. The molecule has 0 saturated carbocycles. The van der Waals surface area contributed by atoms with Crippen molar-refractivity contribution in [2.24, 2.45) is 0 Å². The first-order valence-corrected chi connectivity index (χ1v) is 8.84. The Morgan fingerprint density at radius 3 is 2.72 bits per heavy atom. The first-order chi connectivity index (χ1) is 12.3. The van der Waals surface area contributed by atoms with Gasteiger partial charge in [0.05, 0.1) is 18.3 Å². The van der Waals surface area contributed by atoms with Gasteiger partial charge in [-0.1, -0.05) is 54.1 Å². The Labute approximate surface area is 152 Å². The van der Waals surface area contributed by atoms with E-state index in [0.29, 0.717) is 6.61 Å². The number of aromatic nitrogens is 2. The van der Waals surface area contributed by atoms with Crippen LogP contribution in [0.2, 0.25) is 5.02 Å². The van der Waals surface area contributed by atoms with Crippen molar-refractivity contribution in [1.29, 1.82) is 0 Å². The van der Waals surface area contributed by atoms with Crippen LogP contribution < -0.4 is 5.32 Å². The molecule has 0 fully saturated rings. The van der Waals surface area contributed by atoms with Crippen molar-refractivity contribution in [2.45, 2.75) is 25.8 Å². The molecule has 4 rings (SSSR count). The molecule has 0 saturated heterocycles. The molecule has 0 amide bonds. The fourth-order valence-corrected chi connectivity index (χ4v) is 3.17. The van der Waals surface area contributed by atoms with Gasteiger partial charge in [0.1, 0.15) is 12.4 Å². The third kappa shape index (κ3) is 3.93. The molecule has 2 aromatic carbocycles. The lowest BCUT2D eigenvalue weighted by atomic mass is 10.2. The Morgan fingerprint density at radius 2 is 1.92 bits per heavy atom. The average molecular weight is 354 g/mol. The quantitative estimate of drug-likeness (QED) is 0.756. The number of hydrogen-bond acceptors (Lipinski definition) is 3. The van der Waals surface area contributed by atoms with Crippen LogP contribution in [-0.4, -0.2) is 22.2 Å². The fraction of sp³-hybridized carbons (Fsp3) is 0.250. The topological polar surface area (TPSA) is 39.1 Å².